The van der Waals surface area contributed by atoms with E-state index in [0.29, 0.717) is 11.3 Å². The molecule has 0 unspecified atom stereocenters. The Bertz CT molecular complexity index is 1080. The minimum absolute atomic E-state index is 0.0679. The third-order valence-corrected chi connectivity index (χ3v) is 4.28. The van der Waals surface area contributed by atoms with Crippen molar-refractivity contribution in [3.05, 3.63) is 69.4 Å². The Morgan fingerprint density at radius 3 is 2.70 bits per heavy atom. The number of hydrogen-bond acceptors (Lipinski definition) is 6. The van der Waals surface area contributed by atoms with Crippen LogP contribution in [0.2, 0.25) is 0 Å². The standard InChI is InChI=1S/C20H18N4O6/c1-12-4-3-5-14(8-12)21-18(25)11-23-19(26)15(22-20(23)27)9-13-6-7-17(30-2)16(10-13)24(28)29/h3-10H,11H2,1-2H3,(H,21,25)(H,22,27)/b15-9+. The first kappa shape index (κ1) is 20.5. The van der Waals surface area contributed by atoms with E-state index in [1.165, 1.54) is 31.4 Å². The molecular weight excluding hydrogens is 392 g/mol. The van der Waals surface area contributed by atoms with Crippen LogP contribution in [-0.2, 0) is 9.59 Å². The quantitative estimate of drug-likeness (QED) is 0.325. The fourth-order valence-electron chi connectivity index (χ4n) is 2.89. The largest absolute Gasteiger partial charge is 0.490 e. The molecular formula is C20H18N4O6. The topological polar surface area (TPSA) is 131 Å². The molecule has 2 N–H and O–H groups in total. The first-order chi connectivity index (χ1) is 14.3. The van der Waals surface area contributed by atoms with E-state index in [1.807, 2.05) is 13.0 Å². The molecule has 0 atom stereocenters. The zero-order chi connectivity index (χ0) is 21.8. The summed E-state index contributed by atoms with van der Waals surface area (Å²) in [7, 11) is 1.31. The number of nitro groups is 1. The monoisotopic (exact) mass is 410 g/mol. The predicted molar refractivity (Wildman–Crippen MR) is 108 cm³/mol. The second-order valence-corrected chi connectivity index (χ2v) is 6.49. The molecule has 0 aliphatic carbocycles. The SMILES string of the molecule is COc1ccc(/C=C2/NC(=O)N(CC(=O)Nc3cccc(C)c3)C2=O)cc1[N+](=O)[O-]. The van der Waals surface area contributed by atoms with E-state index in [2.05, 4.69) is 10.6 Å². The van der Waals surface area contributed by atoms with Crippen LogP contribution in [0.3, 0.4) is 0 Å². The van der Waals surface area contributed by atoms with E-state index in [-0.39, 0.29) is 17.1 Å². The van der Waals surface area contributed by atoms with E-state index in [1.54, 1.807) is 18.2 Å². The highest BCUT2D eigenvalue weighted by Gasteiger charge is 2.35. The number of urea groups is 1. The van der Waals surface area contributed by atoms with E-state index in [9.17, 15) is 24.5 Å². The zero-order valence-corrected chi connectivity index (χ0v) is 16.2. The first-order valence-corrected chi connectivity index (χ1v) is 8.82. The number of carbonyl (C=O) groups excluding carboxylic acids is 3. The highest BCUT2D eigenvalue weighted by Crippen LogP contribution is 2.28. The lowest BCUT2D eigenvalue weighted by Crippen LogP contribution is -2.38. The Kier molecular flexibility index (Phi) is 5.77. The number of benzene rings is 2. The molecule has 4 amide bonds. The molecule has 10 nitrogen and oxygen atoms in total. The lowest BCUT2D eigenvalue weighted by molar-refractivity contribution is -0.385. The van der Waals surface area contributed by atoms with E-state index >= 15 is 0 Å². The predicted octanol–water partition coefficient (Wildman–Crippen LogP) is 2.44. The number of nitro benzene ring substituents is 1. The molecule has 2 aromatic rings. The van der Waals surface area contributed by atoms with Crippen LogP contribution in [-0.4, -0.2) is 41.3 Å². The van der Waals surface area contributed by atoms with Crippen molar-refractivity contribution in [1.82, 2.24) is 10.2 Å². The molecule has 0 spiro atoms. The van der Waals surface area contributed by atoms with Crippen LogP contribution in [0.4, 0.5) is 16.2 Å². The summed E-state index contributed by atoms with van der Waals surface area (Å²) in [6.07, 6.45) is 1.30. The molecule has 1 fully saturated rings. The van der Waals surface area contributed by atoms with Crippen LogP contribution in [0.5, 0.6) is 5.75 Å². The zero-order valence-electron chi connectivity index (χ0n) is 16.2. The highest BCUT2D eigenvalue weighted by atomic mass is 16.6. The normalized spacial score (nSPS) is 14.6. The summed E-state index contributed by atoms with van der Waals surface area (Å²) in [4.78, 5) is 48.2. The molecule has 3 rings (SSSR count). The number of amides is 4. The van der Waals surface area contributed by atoms with Gasteiger partial charge in [-0.25, -0.2) is 9.69 Å². The smallest absolute Gasteiger partial charge is 0.329 e. The number of imide groups is 1. The average Bonchev–Trinajstić information content (AvgIpc) is 2.95. The number of nitrogens with one attached hydrogen (secondary N) is 2. The molecule has 1 heterocycles. The minimum atomic E-state index is -0.756. The van der Waals surface area contributed by atoms with Crippen molar-refractivity contribution in [2.45, 2.75) is 6.92 Å². The van der Waals surface area contributed by atoms with Gasteiger partial charge in [-0.3, -0.25) is 19.7 Å². The number of methoxy groups -OCH3 is 1. The molecule has 10 heteroatoms. The number of anilines is 1. The summed E-state index contributed by atoms with van der Waals surface area (Å²) in [5.74, 6) is -1.18. The van der Waals surface area contributed by atoms with Crippen LogP contribution in [0.1, 0.15) is 11.1 Å². The lowest BCUT2D eigenvalue weighted by Gasteiger charge is -2.12. The second-order valence-electron chi connectivity index (χ2n) is 6.49. The van der Waals surface area contributed by atoms with Gasteiger partial charge < -0.3 is 15.4 Å². The van der Waals surface area contributed by atoms with Gasteiger partial charge in [-0.15, -0.1) is 0 Å². The van der Waals surface area contributed by atoms with Crippen LogP contribution in [0, 0.1) is 17.0 Å². The van der Waals surface area contributed by atoms with Crippen molar-refractivity contribution >= 4 is 35.3 Å². The Morgan fingerprint density at radius 1 is 1.27 bits per heavy atom. The lowest BCUT2D eigenvalue weighted by atomic mass is 10.1. The van der Waals surface area contributed by atoms with Gasteiger partial charge in [-0.2, -0.15) is 0 Å². The molecule has 0 saturated carbocycles. The Labute approximate surface area is 171 Å². The van der Waals surface area contributed by atoms with E-state index < -0.39 is 29.3 Å². The number of carbonyl (C=O) groups is 3. The van der Waals surface area contributed by atoms with Crippen molar-refractivity contribution in [2.24, 2.45) is 0 Å². The molecule has 1 aliphatic rings. The van der Waals surface area contributed by atoms with Gasteiger partial charge in [0.1, 0.15) is 12.2 Å². The Balaban J connectivity index is 1.75. The summed E-state index contributed by atoms with van der Waals surface area (Å²) in [5, 5.41) is 16.1. The molecule has 0 aromatic heterocycles. The minimum Gasteiger partial charge on any atom is -0.490 e. The number of aryl methyl sites for hydroxylation is 1. The van der Waals surface area contributed by atoms with Gasteiger partial charge in [0.05, 0.1) is 12.0 Å². The van der Waals surface area contributed by atoms with Gasteiger partial charge in [0.25, 0.3) is 5.91 Å². The van der Waals surface area contributed by atoms with E-state index in [0.717, 1.165) is 10.5 Å². The fourth-order valence-corrected chi connectivity index (χ4v) is 2.89. The summed E-state index contributed by atoms with van der Waals surface area (Å²) in [6.45, 7) is 1.40. The van der Waals surface area contributed by atoms with Gasteiger partial charge in [-0.05, 0) is 42.3 Å². The fraction of sp³-hybridized carbons (Fsp3) is 0.150. The second kappa shape index (κ2) is 8.43. The van der Waals surface area contributed by atoms with Crippen LogP contribution >= 0.6 is 0 Å². The summed E-state index contributed by atoms with van der Waals surface area (Å²) >= 11 is 0. The highest BCUT2D eigenvalue weighted by molar-refractivity contribution is 6.16. The van der Waals surface area contributed by atoms with Crippen LogP contribution < -0.4 is 15.4 Å². The third kappa shape index (κ3) is 4.43. The molecule has 0 bridgehead atoms. The van der Waals surface area contributed by atoms with Crippen molar-refractivity contribution < 1.29 is 24.0 Å². The van der Waals surface area contributed by atoms with Crippen molar-refractivity contribution in [3.8, 4) is 5.75 Å². The number of hydrogen-bond donors (Lipinski definition) is 2. The van der Waals surface area contributed by atoms with Gasteiger partial charge >= 0.3 is 11.7 Å². The van der Waals surface area contributed by atoms with Crippen LogP contribution in [0.15, 0.2) is 48.2 Å². The Hall–Kier alpha value is -4.21. The van der Waals surface area contributed by atoms with Crippen molar-refractivity contribution in [3.63, 3.8) is 0 Å². The molecule has 154 valence electrons. The average molecular weight is 410 g/mol. The summed E-state index contributed by atoms with van der Waals surface area (Å²) < 4.78 is 4.94. The number of ether oxygens (including phenoxy) is 1. The molecule has 30 heavy (non-hydrogen) atoms. The Morgan fingerprint density at radius 2 is 2.03 bits per heavy atom. The molecule has 1 aliphatic heterocycles. The maximum atomic E-state index is 12.5. The van der Waals surface area contributed by atoms with Gasteiger partial charge in [0, 0.05) is 11.8 Å². The molecule has 2 aromatic carbocycles. The summed E-state index contributed by atoms with van der Waals surface area (Å²) in [5.41, 5.74) is 1.44. The van der Waals surface area contributed by atoms with Gasteiger partial charge in [-0.1, -0.05) is 18.2 Å². The number of rotatable bonds is 6. The maximum absolute atomic E-state index is 12.5. The first-order valence-electron chi connectivity index (χ1n) is 8.82. The summed E-state index contributed by atoms with van der Waals surface area (Å²) in [6, 6.07) is 10.4. The van der Waals surface area contributed by atoms with Crippen LogP contribution in [0.25, 0.3) is 6.08 Å². The van der Waals surface area contributed by atoms with Gasteiger partial charge in [0.15, 0.2) is 5.75 Å². The maximum Gasteiger partial charge on any atom is 0.329 e. The van der Waals surface area contributed by atoms with Crippen molar-refractivity contribution in [1.29, 1.82) is 0 Å². The molecule has 0 radical (unpaired) electrons. The van der Waals surface area contributed by atoms with E-state index in [4.69, 9.17) is 4.74 Å². The molecule has 1 saturated heterocycles. The van der Waals surface area contributed by atoms with Crippen molar-refractivity contribution in [2.75, 3.05) is 19.0 Å². The third-order valence-electron chi connectivity index (χ3n) is 4.28. The van der Waals surface area contributed by atoms with Gasteiger partial charge in [0.2, 0.25) is 5.91 Å². The number of nitrogens with zero attached hydrogens (tertiary/aromatic N) is 2.